The molecule has 6 heteroatoms. The summed E-state index contributed by atoms with van der Waals surface area (Å²) in [6.45, 7) is 3.87. The molecule has 1 aliphatic rings. The lowest BCUT2D eigenvalue weighted by molar-refractivity contribution is -0.116. The second-order valence-electron chi connectivity index (χ2n) is 5.05. The van der Waals surface area contributed by atoms with E-state index in [1.165, 1.54) is 0 Å². The van der Waals surface area contributed by atoms with Crippen LogP contribution in [0.15, 0.2) is 24.3 Å². The van der Waals surface area contributed by atoms with E-state index in [1.54, 1.807) is 0 Å². The quantitative estimate of drug-likeness (QED) is 0.590. The Morgan fingerprint density at radius 1 is 1.24 bits per heavy atom. The molecule has 2 rings (SSSR count). The van der Waals surface area contributed by atoms with Crippen molar-refractivity contribution in [2.24, 2.45) is 0 Å². The van der Waals surface area contributed by atoms with Gasteiger partial charge in [-0.1, -0.05) is 13.0 Å². The molecule has 116 valence electrons. The molecule has 5 nitrogen and oxygen atoms in total. The van der Waals surface area contributed by atoms with Crippen LogP contribution in [0.4, 0.5) is 11.4 Å². The van der Waals surface area contributed by atoms with Gasteiger partial charge in [-0.25, -0.2) is 0 Å². The van der Waals surface area contributed by atoms with E-state index in [9.17, 15) is 4.79 Å². The minimum atomic E-state index is 0. The molecule has 0 radical (unpaired) electrons. The minimum Gasteiger partial charge on any atom is -0.343 e. The molecule has 0 aliphatic carbocycles. The number of benzene rings is 1. The lowest BCUT2D eigenvalue weighted by atomic mass is 10.2. The van der Waals surface area contributed by atoms with Crippen molar-refractivity contribution in [3.05, 3.63) is 24.3 Å². The summed E-state index contributed by atoms with van der Waals surface area (Å²) in [5.41, 5.74) is 1.60. The molecule has 0 atom stereocenters. The van der Waals surface area contributed by atoms with Crippen molar-refractivity contribution >= 4 is 35.6 Å². The maximum absolute atomic E-state index is 11.6. The normalized spacial score (nSPS) is 13.5. The number of halogens is 1. The highest BCUT2D eigenvalue weighted by Gasteiger charge is 2.14. The molecule has 21 heavy (non-hydrogen) atoms. The largest absolute Gasteiger partial charge is 0.343 e. The van der Waals surface area contributed by atoms with E-state index in [0.717, 1.165) is 43.7 Å². The topological polar surface area (TPSA) is 68.2 Å². The van der Waals surface area contributed by atoms with Crippen LogP contribution in [-0.4, -0.2) is 29.9 Å². The van der Waals surface area contributed by atoms with Crippen LogP contribution in [0, 0.1) is 5.41 Å². The number of nitrogens with one attached hydrogen (secondary N) is 3. The fourth-order valence-electron chi connectivity index (χ4n) is 2.28. The molecule has 3 N–H and O–H groups in total. The first-order valence-corrected chi connectivity index (χ1v) is 7.19. The van der Waals surface area contributed by atoms with Crippen molar-refractivity contribution in [3.8, 4) is 0 Å². The summed E-state index contributed by atoms with van der Waals surface area (Å²) in [7, 11) is 0. The summed E-state index contributed by atoms with van der Waals surface area (Å²) in [6, 6.07) is 7.50. The number of carbonyl (C=O) groups is 1. The van der Waals surface area contributed by atoms with Crippen LogP contribution in [0.3, 0.4) is 0 Å². The zero-order valence-electron chi connectivity index (χ0n) is 12.3. The molecule has 1 aromatic rings. The second kappa shape index (κ2) is 8.52. The van der Waals surface area contributed by atoms with Crippen LogP contribution in [0.1, 0.15) is 32.6 Å². The number of rotatable bonds is 4. The number of amides is 1. The second-order valence-corrected chi connectivity index (χ2v) is 5.05. The number of nitrogens with zero attached hydrogens (tertiary/aromatic N) is 1. The van der Waals surface area contributed by atoms with Crippen molar-refractivity contribution in [2.75, 3.05) is 23.7 Å². The fraction of sp³-hybridized carbons (Fsp3) is 0.467. The Bertz CT molecular complexity index is 486. The molecule has 0 spiro atoms. The average molecular weight is 311 g/mol. The van der Waals surface area contributed by atoms with Crippen molar-refractivity contribution in [3.63, 3.8) is 0 Å². The highest BCUT2D eigenvalue weighted by atomic mass is 35.5. The zero-order valence-corrected chi connectivity index (χ0v) is 13.1. The smallest absolute Gasteiger partial charge is 0.224 e. The Balaban J connectivity index is 0.00000220. The first kappa shape index (κ1) is 17.3. The van der Waals surface area contributed by atoms with Crippen LogP contribution in [0.25, 0.3) is 0 Å². The van der Waals surface area contributed by atoms with Gasteiger partial charge >= 0.3 is 0 Å². The van der Waals surface area contributed by atoms with Crippen LogP contribution in [0.5, 0.6) is 0 Å². The predicted octanol–water partition coefficient (Wildman–Crippen LogP) is 3.29. The molecule has 0 aromatic heterocycles. The SMILES string of the molecule is CCCC(=O)Nc1cccc(NC(=N)N2CCCC2)c1.Cl. The third kappa shape index (κ3) is 5.27. The van der Waals surface area contributed by atoms with Crippen LogP contribution in [-0.2, 0) is 4.79 Å². The van der Waals surface area contributed by atoms with Gasteiger partial charge in [-0.15, -0.1) is 12.4 Å². The Morgan fingerprint density at radius 3 is 2.48 bits per heavy atom. The van der Waals surface area contributed by atoms with Gasteiger partial charge in [-0.2, -0.15) is 0 Å². The van der Waals surface area contributed by atoms with Crippen molar-refractivity contribution in [1.29, 1.82) is 5.41 Å². The van der Waals surface area contributed by atoms with Crippen molar-refractivity contribution in [1.82, 2.24) is 4.90 Å². The van der Waals surface area contributed by atoms with Gasteiger partial charge in [0.15, 0.2) is 5.96 Å². The minimum absolute atomic E-state index is 0. The molecular weight excluding hydrogens is 288 g/mol. The molecule has 0 saturated carbocycles. The molecule has 1 saturated heterocycles. The highest BCUT2D eigenvalue weighted by molar-refractivity contribution is 5.94. The molecule has 0 unspecified atom stereocenters. The molecule has 1 aromatic carbocycles. The first-order valence-electron chi connectivity index (χ1n) is 7.19. The maximum Gasteiger partial charge on any atom is 0.224 e. The van der Waals surface area contributed by atoms with Gasteiger partial charge in [0.25, 0.3) is 0 Å². The predicted molar refractivity (Wildman–Crippen MR) is 89.4 cm³/mol. The monoisotopic (exact) mass is 310 g/mol. The molecule has 1 amide bonds. The molecule has 0 bridgehead atoms. The summed E-state index contributed by atoms with van der Waals surface area (Å²) < 4.78 is 0. The summed E-state index contributed by atoms with van der Waals surface area (Å²) in [5.74, 6) is 0.457. The van der Waals surface area contributed by atoms with E-state index in [-0.39, 0.29) is 18.3 Å². The van der Waals surface area contributed by atoms with Crippen LogP contribution < -0.4 is 10.6 Å². The number of carbonyl (C=O) groups excluding carboxylic acids is 1. The van der Waals surface area contributed by atoms with Gasteiger partial charge in [0, 0.05) is 30.9 Å². The van der Waals surface area contributed by atoms with E-state index in [1.807, 2.05) is 36.1 Å². The first-order chi connectivity index (χ1) is 9.69. The standard InChI is InChI=1S/C15H22N4O.ClH/c1-2-6-14(20)17-12-7-5-8-13(11-12)18-15(16)19-9-3-4-10-19;/h5,7-8,11H,2-4,6,9-10H2,1H3,(H2,16,18)(H,17,20);1H. The van der Waals surface area contributed by atoms with Gasteiger partial charge in [-0.05, 0) is 37.5 Å². The van der Waals surface area contributed by atoms with E-state index in [2.05, 4.69) is 10.6 Å². The Labute approximate surface area is 132 Å². The van der Waals surface area contributed by atoms with E-state index >= 15 is 0 Å². The number of hydrogen-bond acceptors (Lipinski definition) is 2. The molecule has 1 fully saturated rings. The summed E-state index contributed by atoms with van der Waals surface area (Å²) >= 11 is 0. The molecular formula is C15H23ClN4O. The molecule has 1 heterocycles. The average Bonchev–Trinajstić information content (AvgIpc) is 2.93. The van der Waals surface area contributed by atoms with Crippen LogP contribution >= 0.6 is 12.4 Å². The van der Waals surface area contributed by atoms with Gasteiger partial charge in [0.05, 0.1) is 0 Å². The summed E-state index contributed by atoms with van der Waals surface area (Å²) in [5, 5.41) is 14.0. The van der Waals surface area contributed by atoms with Gasteiger partial charge in [0.1, 0.15) is 0 Å². The fourth-order valence-corrected chi connectivity index (χ4v) is 2.28. The highest BCUT2D eigenvalue weighted by Crippen LogP contribution is 2.17. The number of hydrogen-bond donors (Lipinski definition) is 3. The maximum atomic E-state index is 11.6. The summed E-state index contributed by atoms with van der Waals surface area (Å²) in [4.78, 5) is 13.6. The Kier molecular flexibility index (Phi) is 7.02. The van der Waals surface area contributed by atoms with Crippen molar-refractivity contribution < 1.29 is 4.79 Å². The third-order valence-corrected chi connectivity index (χ3v) is 3.31. The van der Waals surface area contributed by atoms with Crippen molar-refractivity contribution in [2.45, 2.75) is 32.6 Å². The van der Waals surface area contributed by atoms with E-state index < -0.39 is 0 Å². The van der Waals surface area contributed by atoms with E-state index in [4.69, 9.17) is 5.41 Å². The summed E-state index contributed by atoms with van der Waals surface area (Å²) in [6.07, 6.45) is 3.67. The van der Waals surface area contributed by atoms with Gasteiger partial charge in [-0.3, -0.25) is 10.2 Å². The Hall–Kier alpha value is -1.75. The lowest BCUT2D eigenvalue weighted by Gasteiger charge is -2.19. The number of anilines is 2. The van der Waals surface area contributed by atoms with Crippen LogP contribution in [0.2, 0.25) is 0 Å². The zero-order chi connectivity index (χ0) is 14.4. The number of guanidine groups is 1. The van der Waals surface area contributed by atoms with Gasteiger partial charge < -0.3 is 15.5 Å². The third-order valence-electron chi connectivity index (χ3n) is 3.31. The molecule has 1 aliphatic heterocycles. The van der Waals surface area contributed by atoms with E-state index in [0.29, 0.717) is 12.4 Å². The Morgan fingerprint density at radius 2 is 1.86 bits per heavy atom. The number of likely N-dealkylation sites (tertiary alicyclic amines) is 1. The lowest BCUT2D eigenvalue weighted by Crippen LogP contribution is -2.32. The van der Waals surface area contributed by atoms with Gasteiger partial charge in [0.2, 0.25) is 5.91 Å².